The molecule has 0 saturated carbocycles. The molecule has 2 bridgehead atoms. The summed E-state index contributed by atoms with van der Waals surface area (Å²) in [5.41, 5.74) is 0.763. The molecule has 1 aromatic heterocycles. The van der Waals surface area contributed by atoms with Gasteiger partial charge in [-0.2, -0.15) is 13.5 Å². The van der Waals surface area contributed by atoms with Crippen molar-refractivity contribution in [2.75, 3.05) is 6.54 Å². The molecule has 12 heteroatoms. The van der Waals surface area contributed by atoms with Gasteiger partial charge in [0.25, 0.3) is 0 Å². The number of aromatic nitrogens is 2. The Labute approximate surface area is 171 Å². The number of carbonyl (C=O) groups excluding carboxylic acids is 1. The van der Waals surface area contributed by atoms with Crippen LogP contribution in [0, 0.1) is 0 Å². The summed E-state index contributed by atoms with van der Waals surface area (Å²) in [4.78, 5) is 13.8. The number of hydrogen-bond acceptors (Lipinski definition) is 7. The third-order valence-electron chi connectivity index (χ3n) is 4.24. The van der Waals surface area contributed by atoms with Crippen molar-refractivity contribution in [1.82, 2.24) is 20.2 Å². The molecule has 2 aromatic rings. The average Bonchev–Trinajstić information content (AvgIpc) is 3.16. The van der Waals surface area contributed by atoms with Crippen LogP contribution in [0.15, 0.2) is 34.7 Å². The van der Waals surface area contributed by atoms with E-state index in [0.717, 1.165) is 5.56 Å². The normalized spacial score (nSPS) is 22.4. The number of carbonyl (C=O) groups is 1. The number of urea groups is 1. The molecule has 2 atom stereocenters. The van der Waals surface area contributed by atoms with Crippen LogP contribution in [0.25, 0.3) is 11.5 Å². The SMILES string of the molecule is O=C1N2C[C@@H](CC[C@H]2c2nnc(-c3ccccc3)o2)N1OS(=O)(=O)O.[Na]. The van der Waals surface area contributed by atoms with E-state index in [1.54, 1.807) is 0 Å². The van der Waals surface area contributed by atoms with Crippen molar-refractivity contribution in [3.05, 3.63) is 36.2 Å². The monoisotopic (exact) mass is 389 g/mol. The Kier molecular flexibility index (Phi) is 5.37. The van der Waals surface area contributed by atoms with Crippen LogP contribution < -0.4 is 0 Å². The van der Waals surface area contributed by atoms with Crippen LogP contribution in [0.4, 0.5) is 4.79 Å². The fraction of sp³-hybridized carbons (Fsp3) is 0.357. The molecule has 3 heterocycles. The first kappa shape index (κ1) is 19.3. The van der Waals surface area contributed by atoms with E-state index in [2.05, 4.69) is 14.5 Å². The van der Waals surface area contributed by atoms with E-state index in [-0.39, 0.29) is 42.0 Å². The molecular weight excluding hydrogens is 375 g/mol. The van der Waals surface area contributed by atoms with E-state index in [1.165, 1.54) is 4.90 Å². The van der Waals surface area contributed by atoms with Gasteiger partial charge in [-0.25, -0.2) is 4.79 Å². The van der Waals surface area contributed by atoms with Crippen molar-refractivity contribution in [3.8, 4) is 11.5 Å². The number of benzene rings is 1. The Morgan fingerprint density at radius 3 is 2.62 bits per heavy atom. The summed E-state index contributed by atoms with van der Waals surface area (Å²) in [5.74, 6) is 0.620. The fourth-order valence-corrected chi connectivity index (χ4v) is 3.54. The fourth-order valence-electron chi connectivity index (χ4n) is 3.15. The van der Waals surface area contributed by atoms with Crippen LogP contribution >= 0.6 is 0 Å². The molecule has 2 fully saturated rings. The van der Waals surface area contributed by atoms with E-state index < -0.39 is 28.5 Å². The summed E-state index contributed by atoms with van der Waals surface area (Å²) in [7, 11) is -4.77. The third-order valence-corrected chi connectivity index (χ3v) is 4.59. The molecule has 0 spiro atoms. The van der Waals surface area contributed by atoms with E-state index in [9.17, 15) is 13.2 Å². The number of hydrogen-bond donors (Lipinski definition) is 1. The first-order valence-electron chi connectivity index (χ1n) is 7.58. The number of hydroxylamine groups is 2. The molecule has 2 aliphatic rings. The number of rotatable bonds is 4. The standard InChI is InChI=1S/C14H14N4O6S.Na/c19-14-17-8-10(18(14)24-25(20,21)22)6-7-11(17)13-16-15-12(23-13)9-4-2-1-3-5-9;/h1-5,10-11H,6-8H2,(H,20,21,22);/t10-,11+;/m1./s1. The van der Waals surface area contributed by atoms with Gasteiger partial charge in [0.1, 0.15) is 6.04 Å². The Balaban J connectivity index is 0.00000196. The minimum Gasteiger partial charge on any atom is -0.418 e. The molecule has 133 valence electrons. The zero-order valence-electron chi connectivity index (χ0n) is 13.8. The molecule has 26 heavy (non-hydrogen) atoms. The summed E-state index contributed by atoms with van der Waals surface area (Å²) in [6, 6.07) is 7.64. The summed E-state index contributed by atoms with van der Waals surface area (Å²) in [6.07, 6.45) is 0.990. The number of fused-ring (bicyclic) bond motifs is 2. The van der Waals surface area contributed by atoms with Crippen molar-refractivity contribution in [2.45, 2.75) is 24.9 Å². The first-order chi connectivity index (χ1) is 11.9. The van der Waals surface area contributed by atoms with Crippen LogP contribution in [0.2, 0.25) is 0 Å². The largest absolute Gasteiger partial charge is 0.418 e. The van der Waals surface area contributed by atoms with Crippen molar-refractivity contribution < 1.29 is 26.5 Å². The maximum Gasteiger partial charge on any atom is 0.418 e. The zero-order chi connectivity index (χ0) is 17.6. The molecule has 1 N–H and O–H groups in total. The Hall–Kier alpha value is -1.50. The van der Waals surface area contributed by atoms with Gasteiger partial charge in [-0.05, 0) is 25.0 Å². The van der Waals surface area contributed by atoms with Crippen molar-refractivity contribution >= 4 is 46.0 Å². The van der Waals surface area contributed by atoms with Gasteiger partial charge in [-0.15, -0.1) is 14.5 Å². The third kappa shape index (κ3) is 3.63. The number of amides is 2. The van der Waals surface area contributed by atoms with Crippen molar-refractivity contribution in [1.29, 1.82) is 0 Å². The maximum atomic E-state index is 12.4. The van der Waals surface area contributed by atoms with Crippen molar-refractivity contribution in [2.24, 2.45) is 0 Å². The van der Waals surface area contributed by atoms with Crippen LogP contribution in [0.5, 0.6) is 0 Å². The molecule has 1 radical (unpaired) electrons. The number of nitrogens with zero attached hydrogens (tertiary/aromatic N) is 4. The Morgan fingerprint density at radius 1 is 1.19 bits per heavy atom. The molecule has 2 aliphatic heterocycles. The number of piperidine rings is 1. The van der Waals surface area contributed by atoms with E-state index in [4.69, 9.17) is 8.97 Å². The second-order valence-electron chi connectivity index (χ2n) is 5.82. The second-order valence-corrected chi connectivity index (χ2v) is 6.83. The van der Waals surface area contributed by atoms with Crippen LogP contribution in [-0.2, 0) is 14.7 Å². The molecule has 10 nitrogen and oxygen atoms in total. The molecule has 0 aliphatic carbocycles. The Bertz CT molecular complexity index is 905. The second kappa shape index (κ2) is 7.25. The van der Waals surface area contributed by atoms with Crippen LogP contribution in [0.3, 0.4) is 0 Å². The van der Waals surface area contributed by atoms with Gasteiger partial charge in [0, 0.05) is 41.7 Å². The minimum absolute atomic E-state index is 0. The van der Waals surface area contributed by atoms with Crippen LogP contribution in [-0.4, -0.2) is 81.3 Å². The average molecular weight is 389 g/mol. The van der Waals surface area contributed by atoms with Gasteiger partial charge in [-0.1, -0.05) is 18.2 Å². The molecule has 1 aromatic carbocycles. The van der Waals surface area contributed by atoms with E-state index in [1.807, 2.05) is 30.3 Å². The van der Waals surface area contributed by atoms with Crippen molar-refractivity contribution in [3.63, 3.8) is 0 Å². The molecule has 0 unspecified atom stereocenters. The predicted octanol–water partition coefficient (Wildman–Crippen LogP) is 1.03. The van der Waals surface area contributed by atoms with Gasteiger partial charge in [-0.3, -0.25) is 4.55 Å². The van der Waals surface area contributed by atoms with Gasteiger partial charge in [0.2, 0.25) is 11.8 Å². The summed E-state index contributed by atoms with van der Waals surface area (Å²) in [6.45, 7) is 0.252. The first-order valence-corrected chi connectivity index (χ1v) is 8.94. The summed E-state index contributed by atoms with van der Waals surface area (Å²) in [5, 5.41) is 8.73. The van der Waals surface area contributed by atoms with Gasteiger partial charge >= 0.3 is 16.4 Å². The van der Waals surface area contributed by atoms with Gasteiger partial charge in [0.05, 0.1) is 6.04 Å². The predicted molar refractivity (Wildman–Crippen MR) is 87.8 cm³/mol. The van der Waals surface area contributed by atoms with Gasteiger partial charge in [0.15, 0.2) is 0 Å². The summed E-state index contributed by atoms with van der Waals surface area (Å²) >= 11 is 0. The summed E-state index contributed by atoms with van der Waals surface area (Å²) < 4.78 is 40.7. The smallest absolute Gasteiger partial charge is 0.418 e. The quantitative estimate of drug-likeness (QED) is 0.607. The Morgan fingerprint density at radius 2 is 1.92 bits per heavy atom. The maximum absolute atomic E-state index is 12.4. The minimum atomic E-state index is -4.77. The molecule has 4 rings (SSSR count). The zero-order valence-corrected chi connectivity index (χ0v) is 16.7. The van der Waals surface area contributed by atoms with E-state index >= 15 is 0 Å². The van der Waals surface area contributed by atoms with Crippen LogP contribution in [0.1, 0.15) is 24.8 Å². The topological polar surface area (TPSA) is 126 Å². The molecule has 2 amide bonds. The van der Waals surface area contributed by atoms with E-state index in [0.29, 0.717) is 23.8 Å². The molecular formula is C14H14N4NaO6S. The molecule has 2 saturated heterocycles. The van der Waals surface area contributed by atoms with Gasteiger partial charge < -0.3 is 9.32 Å².